The zero-order valence-corrected chi connectivity index (χ0v) is 17.6. The first-order chi connectivity index (χ1) is 14.7. The zero-order valence-electron chi connectivity index (χ0n) is 16.8. The van der Waals surface area contributed by atoms with Crippen LogP contribution in [0.5, 0.6) is 11.5 Å². The van der Waals surface area contributed by atoms with Crippen molar-refractivity contribution in [2.75, 3.05) is 19.0 Å². The van der Waals surface area contributed by atoms with E-state index in [2.05, 4.69) is 15.4 Å². The quantitative estimate of drug-likeness (QED) is 0.454. The van der Waals surface area contributed by atoms with Gasteiger partial charge >= 0.3 is 0 Å². The molecule has 4 rings (SSSR count). The number of methoxy groups -OCH3 is 1. The van der Waals surface area contributed by atoms with Crippen molar-refractivity contribution in [1.29, 1.82) is 0 Å². The summed E-state index contributed by atoms with van der Waals surface area (Å²) in [5.74, 6) is 1.54. The van der Waals surface area contributed by atoms with E-state index in [1.165, 1.54) is 11.3 Å². The number of aryl methyl sites for hydroxylation is 1. The monoisotopic (exact) mass is 422 g/mol. The van der Waals surface area contributed by atoms with Crippen LogP contribution in [-0.4, -0.2) is 34.2 Å². The molecule has 1 N–H and O–H groups in total. The lowest BCUT2D eigenvalue weighted by atomic mass is 10.1. The molecule has 0 aliphatic heterocycles. The van der Waals surface area contributed by atoms with E-state index in [9.17, 15) is 4.79 Å². The number of benzene rings is 2. The van der Waals surface area contributed by atoms with Crippen molar-refractivity contribution in [3.05, 3.63) is 59.5 Å². The molecule has 0 saturated heterocycles. The zero-order chi connectivity index (χ0) is 20.9. The Bertz CT molecular complexity index is 1150. The first-order valence-electron chi connectivity index (χ1n) is 9.67. The largest absolute Gasteiger partial charge is 0.493 e. The lowest BCUT2D eigenvalue weighted by molar-refractivity contribution is -0.116. The van der Waals surface area contributed by atoms with Crippen LogP contribution in [0.15, 0.2) is 53.9 Å². The van der Waals surface area contributed by atoms with Gasteiger partial charge in [-0.3, -0.25) is 10.1 Å². The maximum Gasteiger partial charge on any atom is 0.250 e. The van der Waals surface area contributed by atoms with Gasteiger partial charge < -0.3 is 9.47 Å². The summed E-state index contributed by atoms with van der Waals surface area (Å²) in [6.07, 6.45) is 0.890. The number of ether oxygens (including phenoxy) is 2. The number of hydrogen-bond acceptors (Lipinski definition) is 6. The lowest BCUT2D eigenvalue weighted by Gasteiger charge is -2.10. The highest BCUT2D eigenvalue weighted by atomic mass is 32.1. The van der Waals surface area contributed by atoms with Gasteiger partial charge in [0.15, 0.2) is 11.5 Å². The predicted octanol–water partition coefficient (Wildman–Crippen LogP) is 4.44. The fourth-order valence-electron chi connectivity index (χ4n) is 3.13. The van der Waals surface area contributed by atoms with Crippen LogP contribution >= 0.6 is 11.3 Å². The summed E-state index contributed by atoms with van der Waals surface area (Å²) in [5, 5.41) is 9.26. The minimum atomic E-state index is -0.137. The number of thiazole rings is 1. The van der Waals surface area contributed by atoms with Crippen LogP contribution in [0.3, 0.4) is 0 Å². The molecule has 0 radical (unpaired) electrons. The molecule has 30 heavy (non-hydrogen) atoms. The molecule has 0 bridgehead atoms. The van der Waals surface area contributed by atoms with Crippen molar-refractivity contribution in [3.63, 3.8) is 0 Å². The van der Waals surface area contributed by atoms with Gasteiger partial charge in [-0.15, -0.1) is 16.4 Å². The van der Waals surface area contributed by atoms with Gasteiger partial charge in [0.05, 0.1) is 19.4 Å². The van der Waals surface area contributed by atoms with Gasteiger partial charge in [0.25, 0.3) is 0 Å². The molecule has 0 aliphatic carbocycles. The van der Waals surface area contributed by atoms with E-state index in [1.807, 2.05) is 60.8 Å². The van der Waals surface area contributed by atoms with Gasteiger partial charge in [0.1, 0.15) is 0 Å². The second-order valence-corrected chi connectivity index (χ2v) is 7.42. The highest BCUT2D eigenvalue weighted by Gasteiger charge is 2.14. The van der Waals surface area contributed by atoms with Crippen molar-refractivity contribution >= 4 is 28.2 Å². The average Bonchev–Trinajstić information content (AvgIpc) is 3.34. The number of carbonyl (C=O) groups excluding carboxylic acids is 1. The molecule has 0 unspecified atom stereocenters. The molecule has 2 aromatic heterocycles. The third-order valence-corrected chi connectivity index (χ3v) is 5.39. The van der Waals surface area contributed by atoms with Crippen LogP contribution in [0.1, 0.15) is 18.9 Å². The first kappa shape index (κ1) is 19.9. The predicted molar refractivity (Wildman–Crippen MR) is 117 cm³/mol. The normalized spacial score (nSPS) is 10.9. The van der Waals surface area contributed by atoms with E-state index in [-0.39, 0.29) is 5.91 Å². The Morgan fingerprint density at radius 1 is 1.17 bits per heavy atom. The molecule has 0 spiro atoms. The molecule has 0 fully saturated rings. The molecular formula is C22H22N4O3S. The lowest BCUT2D eigenvalue weighted by Crippen LogP contribution is -2.13. The fourth-order valence-corrected chi connectivity index (χ4v) is 3.96. The second-order valence-electron chi connectivity index (χ2n) is 6.58. The Morgan fingerprint density at radius 2 is 2.00 bits per heavy atom. The molecule has 0 aliphatic rings. The third kappa shape index (κ3) is 4.28. The van der Waals surface area contributed by atoms with Gasteiger partial charge in [-0.2, -0.15) is 4.98 Å². The highest BCUT2D eigenvalue weighted by Crippen LogP contribution is 2.29. The number of aromatic nitrogens is 3. The van der Waals surface area contributed by atoms with E-state index >= 15 is 0 Å². The van der Waals surface area contributed by atoms with E-state index < -0.39 is 0 Å². The van der Waals surface area contributed by atoms with Crippen molar-refractivity contribution in [2.24, 2.45) is 0 Å². The van der Waals surface area contributed by atoms with Crippen molar-refractivity contribution in [3.8, 4) is 22.8 Å². The van der Waals surface area contributed by atoms with E-state index in [0.29, 0.717) is 36.9 Å². The smallest absolute Gasteiger partial charge is 0.250 e. The fraction of sp³-hybridized carbons (Fsp3) is 0.227. The molecule has 7 nitrogen and oxygen atoms in total. The van der Waals surface area contributed by atoms with Crippen molar-refractivity contribution in [1.82, 2.24) is 14.6 Å². The number of fused-ring (bicyclic) bond motifs is 1. The standard InChI is InChI=1S/C22H22N4O3S/c1-3-29-18-11-9-15(13-19(18)28-2)10-12-20(27)23-21-24-22-26(25-21)17(14-30-22)16-7-5-4-6-8-16/h4-9,11,13-14H,3,10,12H2,1-2H3,(H,23,25,27). The SMILES string of the molecule is CCOc1ccc(CCC(=O)Nc2nc3scc(-c4ccccc4)n3n2)cc1OC. The molecule has 0 saturated carbocycles. The van der Waals surface area contributed by atoms with Crippen LogP contribution in [0.4, 0.5) is 5.95 Å². The van der Waals surface area contributed by atoms with Gasteiger partial charge in [-0.25, -0.2) is 4.52 Å². The number of nitrogens with zero attached hydrogens (tertiary/aromatic N) is 3. The van der Waals surface area contributed by atoms with E-state index in [0.717, 1.165) is 21.8 Å². The van der Waals surface area contributed by atoms with Gasteiger partial charge in [0, 0.05) is 17.4 Å². The second kappa shape index (κ2) is 8.96. The molecule has 4 aromatic rings. The minimum Gasteiger partial charge on any atom is -0.493 e. The minimum absolute atomic E-state index is 0.137. The van der Waals surface area contributed by atoms with Crippen LogP contribution < -0.4 is 14.8 Å². The van der Waals surface area contributed by atoms with Crippen molar-refractivity contribution in [2.45, 2.75) is 19.8 Å². The summed E-state index contributed by atoms with van der Waals surface area (Å²) in [6.45, 7) is 2.49. The molecule has 0 atom stereocenters. The Kier molecular flexibility index (Phi) is 5.94. The summed E-state index contributed by atoms with van der Waals surface area (Å²) in [6, 6.07) is 15.7. The van der Waals surface area contributed by atoms with Crippen molar-refractivity contribution < 1.29 is 14.3 Å². The van der Waals surface area contributed by atoms with E-state index in [4.69, 9.17) is 9.47 Å². The molecular weight excluding hydrogens is 400 g/mol. The van der Waals surface area contributed by atoms with Gasteiger partial charge in [-0.05, 0) is 31.0 Å². The van der Waals surface area contributed by atoms with Crippen LogP contribution in [-0.2, 0) is 11.2 Å². The number of anilines is 1. The maximum absolute atomic E-state index is 12.4. The highest BCUT2D eigenvalue weighted by molar-refractivity contribution is 7.15. The van der Waals surface area contributed by atoms with Gasteiger partial charge in [0.2, 0.25) is 16.8 Å². The number of amides is 1. The number of nitrogens with one attached hydrogen (secondary N) is 1. The van der Waals surface area contributed by atoms with Crippen LogP contribution in [0.25, 0.3) is 16.2 Å². The Balaban J connectivity index is 1.41. The number of hydrogen-bond donors (Lipinski definition) is 1. The summed E-state index contributed by atoms with van der Waals surface area (Å²) < 4.78 is 12.7. The maximum atomic E-state index is 12.4. The Morgan fingerprint density at radius 3 is 2.77 bits per heavy atom. The summed E-state index contributed by atoms with van der Waals surface area (Å²) in [7, 11) is 1.61. The number of carbonyl (C=O) groups is 1. The number of rotatable bonds is 8. The molecule has 1 amide bonds. The third-order valence-electron chi connectivity index (χ3n) is 4.57. The van der Waals surface area contributed by atoms with Gasteiger partial charge in [-0.1, -0.05) is 36.4 Å². The summed E-state index contributed by atoms with van der Waals surface area (Å²) >= 11 is 1.49. The topological polar surface area (TPSA) is 77.8 Å². The average molecular weight is 423 g/mol. The van der Waals surface area contributed by atoms with Crippen LogP contribution in [0.2, 0.25) is 0 Å². The Hall–Kier alpha value is -3.39. The Labute approximate surface area is 178 Å². The summed E-state index contributed by atoms with van der Waals surface area (Å²) in [5.41, 5.74) is 3.00. The molecule has 2 heterocycles. The van der Waals surface area contributed by atoms with Crippen LogP contribution in [0, 0.1) is 0 Å². The van der Waals surface area contributed by atoms with E-state index in [1.54, 1.807) is 11.6 Å². The summed E-state index contributed by atoms with van der Waals surface area (Å²) in [4.78, 5) is 17.6. The molecule has 154 valence electrons. The molecule has 8 heteroatoms. The first-order valence-corrected chi connectivity index (χ1v) is 10.5. The molecule has 2 aromatic carbocycles.